The van der Waals surface area contributed by atoms with Gasteiger partial charge in [0.05, 0.1) is 13.2 Å². The summed E-state index contributed by atoms with van der Waals surface area (Å²) in [7, 11) is 0. The Balaban J connectivity index is 0.00000274. The van der Waals surface area contributed by atoms with E-state index in [1.54, 1.807) is 5.57 Å². The van der Waals surface area contributed by atoms with Crippen LogP contribution in [0, 0.1) is 5.41 Å². The van der Waals surface area contributed by atoms with Crippen LogP contribution < -0.4 is 9.80 Å². The van der Waals surface area contributed by atoms with Crippen molar-refractivity contribution < 1.29 is 4.74 Å². The number of allylic oxidation sites excluding steroid dienone is 2. The molecule has 190 valence electrons. The van der Waals surface area contributed by atoms with Gasteiger partial charge in [0.25, 0.3) is 0 Å². The predicted molar refractivity (Wildman–Crippen MR) is 148 cm³/mol. The van der Waals surface area contributed by atoms with Crippen LogP contribution in [0.25, 0.3) is 5.57 Å². The molecule has 5 heteroatoms. The lowest BCUT2D eigenvalue weighted by Crippen LogP contribution is -2.47. The normalized spacial score (nSPS) is 23.5. The molecule has 5 rings (SSSR count). The molecule has 4 aliphatic rings. The molecule has 1 aromatic carbocycles. The van der Waals surface area contributed by atoms with E-state index in [9.17, 15) is 0 Å². The second kappa shape index (κ2) is 12.1. The molecule has 1 aromatic rings. The van der Waals surface area contributed by atoms with E-state index in [1.165, 1.54) is 101 Å². The zero-order valence-corrected chi connectivity index (χ0v) is 22.2. The molecule has 1 spiro atoms. The van der Waals surface area contributed by atoms with Gasteiger partial charge in [-0.05, 0) is 74.3 Å². The molecule has 0 radical (unpaired) electrons. The first-order valence-corrected chi connectivity index (χ1v) is 13.9. The number of halogens is 1. The number of rotatable bonds is 6. The molecule has 0 bridgehead atoms. The monoisotopic (exact) mass is 487 g/mol. The van der Waals surface area contributed by atoms with Crippen LogP contribution in [0.4, 0.5) is 11.4 Å². The van der Waals surface area contributed by atoms with E-state index in [4.69, 9.17) is 4.74 Å². The van der Waals surface area contributed by atoms with Gasteiger partial charge in [0.1, 0.15) is 0 Å². The van der Waals surface area contributed by atoms with Crippen molar-refractivity contribution in [3.8, 4) is 0 Å². The minimum Gasteiger partial charge on any atom is -0.378 e. The maximum Gasteiger partial charge on any atom is 0.0642 e. The van der Waals surface area contributed by atoms with Gasteiger partial charge in [0.2, 0.25) is 0 Å². The van der Waals surface area contributed by atoms with Crippen LogP contribution in [0.2, 0.25) is 0 Å². The summed E-state index contributed by atoms with van der Waals surface area (Å²) in [5.41, 5.74) is 6.62. The van der Waals surface area contributed by atoms with Crippen LogP contribution in [0.5, 0.6) is 0 Å². The summed E-state index contributed by atoms with van der Waals surface area (Å²) in [6.45, 7) is 12.0. The van der Waals surface area contributed by atoms with Gasteiger partial charge >= 0.3 is 0 Å². The number of hydrogen-bond acceptors (Lipinski definition) is 4. The molecule has 0 aromatic heterocycles. The first-order valence-electron chi connectivity index (χ1n) is 13.9. The van der Waals surface area contributed by atoms with E-state index >= 15 is 0 Å². The van der Waals surface area contributed by atoms with E-state index in [-0.39, 0.29) is 12.4 Å². The highest BCUT2D eigenvalue weighted by Gasteiger charge is 2.34. The highest BCUT2D eigenvalue weighted by molar-refractivity contribution is 5.85. The largest absolute Gasteiger partial charge is 0.378 e. The van der Waals surface area contributed by atoms with Gasteiger partial charge in [0, 0.05) is 56.2 Å². The van der Waals surface area contributed by atoms with Crippen molar-refractivity contribution in [2.75, 3.05) is 68.8 Å². The van der Waals surface area contributed by atoms with Gasteiger partial charge < -0.3 is 14.5 Å². The maximum atomic E-state index is 5.62. The Bertz CT molecular complexity index is 806. The van der Waals surface area contributed by atoms with Crippen molar-refractivity contribution in [2.45, 2.75) is 71.1 Å². The van der Waals surface area contributed by atoms with Crippen molar-refractivity contribution in [3.05, 3.63) is 29.8 Å². The van der Waals surface area contributed by atoms with Crippen molar-refractivity contribution in [1.29, 1.82) is 0 Å². The average Bonchev–Trinajstić information content (AvgIpc) is 2.89. The Morgan fingerprint density at radius 3 is 2.32 bits per heavy atom. The standard InChI is InChI=1S/C29H45N3O.ClH/c1-2-3-15-30-16-18-32(19-17-30)28-8-7-26(31-20-22-33-23-21-31)24-27(28)25-9-13-29(14-10-25)11-5-4-6-12-29;/h7-9,24H,2-6,10-23H2,1H3;1H. The number of unbranched alkanes of at least 4 members (excludes halogenated alkanes) is 1. The van der Waals surface area contributed by atoms with Crippen LogP contribution in [0.3, 0.4) is 0 Å². The fraction of sp³-hybridized carbons (Fsp3) is 0.724. The molecular formula is C29H46ClN3O. The van der Waals surface area contributed by atoms with Gasteiger partial charge in [0.15, 0.2) is 0 Å². The summed E-state index contributed by atoms with van der Waals surface area (Å²) in [5, 5.41) is 0. The highest BCUT2D eigenvalue weighted by Crippen LogP contribution is 2.49. The predicted octanol–water partition coefficient (Wildman–Crippen LogP) is 6.38. The Morgan fingerprint density at radius 1 is 0.882 bits per heavy atom. The molecule has 0 amide bonds. The Kier molecular flexibility index (Phi) is 9.23. The molecule has 0 unspecified atom stereocenters. The van der Waals surface area contributed by atoms with Crippen LogP contribution in [-0.2, 0) is 4.74 Å². The van der Waals surface area contributed by atoms with E-state index in [1.807, 2.05) is 0 Å². The molecule has 0 N–H and O–H groups in total. The quantitative estimate of drug-likeness (QED) is 0.463. The minimum atomic E-state index is 0. The number of morpholine rings is 1. The van der Waals surface area contributed by atoms with Crippen molar-refractivity contribution in [1.82, 2.24) is 4.90 Å². The van der Waals surface area contributed by atoms with E-state index in [0.29, 0.717) is 5.41 Å². The third-order valence-corrected chi connectivity index (χ3v) is 8.86. The number of benzene rings is 1. The second-order valence-electron chi connectivity index (χ2n) is 11.0. The molecule has 1 saturated carbocycles. The van der Waals surface area contributed by atoms with Gasteiger partial charge in [-0.2, -0.15) is 0 Å². The third kappa shape index (κ3) is 5.94. The first-order chi connectivity index (χ1) is 16.3. The lowest BCUT2D eigenvalue weighted by Gasteiger charge is -2.41. The molecule has 4 nitrogen and oxygen atoms in total. The lowest BCUT2D eigenvalue weighted by molar-refractivity contribution is 0.122. The fourth-order valence-corrected chi connectivity index (χ4v) is 6.61. The average molecular weight is 488 g/mol. The highest BCUT2D eigenvalue weighted by atomic mass is 35.5. The SMILES string of the molecule is CCCCN1CCN(c2ccc(N3CCOCC3)cc2C2=CCC3(CCCCC3)CC2)CC1.Cl. The zero-order chi connectivity index (χ0) is 22.5. The Labute approximate surface area is 214 Å². The van der Waals surface area contributed by atoms with Crippen LogP contribution in [0.1, 0.15) is 76.7 Å². The topological polar surface area (TPSA) is 19.0 Å². The van der Waals surface area contributed by atoms with Gasteiger partial charge in [-0.3, -0.25) is 4.90 Å². The van der Waals surface area contributed by atoms with Crippen molar-refractivity contribution >= 4 is 29.4 Å². The smallest absolute Gasteiger partial charge is 0.0642 e. The van der Waals surface area contributed by atoms with E-state index in [2.05, 4.69) is 45.9 Å². The van der Waals surface area contributed by atoms with Gasteiger partial charge in [-0.15, -0.1) is 12.4 Å². The van der Waals surface area contributed by atoms with Crippen LogP contribution >= 0.6 is 12.4 Å². The molecule has 0 atom stereocenters. The van der Waals surface area contributed by atoms with E-state index in [0.717, 1.165) is 39.4 Å². The Hall–Kier alpha value is -1.23. The van der Waals surface area contributed by atoms with Crippen molar-refractivity contribution in [2.24, 2.45) is 5.41 Å². The van der Waals surface area contributed by atoms with Gasteiger partial charge in [-0.25, -0.2) is 0 Å². The maximum absolute atomic E-state index is 5.62. The molecule has 3 fully saturated rings. The first kappa shape index (κ1) is 25.9. The minimum absolute atomic E-state index is 0. The fourth-order valence-electron chi connectivity index (χ4n) is 6.61. The molecule has 2 aliphatic carbocycles. The van der Waals surface area contributed by atoms with Crippen LogP contribution in [0.15, 0.2) is 24.3 Å². The number of anilines is 2. The van der Waals surface area contributed by atoms with Crippen LogP contribution in [-0.4, -0.2) is 63.9 Å². The number of hydrogen-bond donors (Lipinski definition) is 0. The summed E-state index contributed by atoms with van der Waals surface area (Å²) in [5.74, 6) is 0. The summed E-state index contributed by atoms with van der Waals surface area (Å²) in [4.78, 5) is 7.85. The lowest BCUT2D eigenvalue weighted by atomic mass is 9.65. The third-order valence-electron chi connectivity index (χ3n) is 8.86. The molecule has 2 saturated heterocycles. The van der Waals surface area contributed by atoms with Crippen molar-refractivity contribution in [3.63, 3.8) is 0 Å². The zero-order valence-electron chi connectivity index (χ0n) is 21.4. The number of ether oxygens (including phenoxy) is 1. The molecule has 2 heterocycles. The molecule has 34 heavy (non-hydrogen) atoms. The molecular weight excluding hydrogens is 442 g/mol. The van der Waals surface area contributed by atoms with E-state index < -0.39 is 0 Å². The summed E-state index contributed by atoms with van der Waals surface area (Å²) >= 11 is 0. The number of nitrogens with zero attached hydrogens (tertiary/aromatic N) is 3. The summed E-state index contributed by atoms with van der Waals surface area (Å²) in [6.07, 6.45) is 16.5. The number of piperazine rings is 1. The molecule has 2 aliphatic heterocycles. The Morgan fingerprint density at radius 2 is 1.65 bits per heavy atom. The summed E-state index contributed by atoms with van der Waals surface area (Å²) < 4.78 is 5.62. The van der Waals surface area contributed by atoms with Gasteiger partial charge in [-0.1, -0.05) is 38.7 Å². The second-order valence-corrected chi connectivity index (χ2v) is 11.0. The summed E-state index contributed by atoms with van der Waals surface area (Å²) in [6, 6.07) is 7.34.